The monoisotopic (exact) mass is 526 g/mol. The summed E-state index contributed by atoms with van der Waals surface area (Å²) in [4.78, 5) is 0. The number of benzene rings is 5. The molecule has 186 valence electrons. The Morgan fingerprint density at radius 1 is 0.368 bits per heavy atom. The largest absolute Gasteiger partial charge is 0.398 e. The Hall–Kier alpha value is -3.55. The molecular weight excluding hydrogens is 497 g/mol. The Balaban J connectivity index is 1.41. The molecule has 0 amide bonds. The fourth-order valence-electron chi connectivity index (χ4n) is 4.57. The van der Waals surface area contributed by atoms with Gasteiger partial charge in [-0.15, -0.1) is 0 Å². The third-order valence-electron chi connectivity index (χ3n) is 6.96. The van der Waals surface area contributed by atoms with Crippen molar-refractivity contribution >= 4 is 29.9 Å². The van der Waals surface area contributed by atoms with Gasteiger partial charge in [-0.1, -0.05) is 146 Å². The summed E-state index contributed by atoms with van der Waals surface area (Å²) in [6.07, 6.45) is 0. The fraction of sp³-hybridized carbons (Fsp3) is 0.118. The van der Waals surface area contributed by atoms with Crippen LogP contribution in [-0.4, -0.2) is 19.5 Å². The van der Waals surface area contributed by atoms with Crippen molar-refractivity contribution in [3.8, 4) is 0 Å². The summed E-state index contributed by atoms with van der Waals surface area (Å²) in [7, 11) is 0.318. The minimum Gasteiger partial charge on any atom is -0.398 e. The number of rotatable bonds is 10. The molecule has 0 heterocycles. The highest BCUT2D eigenvalue weighted by Crippen LogP contribution is 2.34. The highest BCUT2D eigenvalue weighted by Gasteiger charge is 2.32. The van der Waals surface area contributed by atoms with Gasteiger partial charge in [0, 0.05) is 0 Å². The van der Waals surface area contributed by atoms with E-state index in [2.05, 4.69) is 135 Å². The maximum atomic E-state index is 6.81. The van der Waals surface area contributed by atoms with Gasteiger partial charge >= 0.3 is 0 Å². The Morgan fingerprint density at radius 3 is 0.868 bits per heavy atom. The number of hydrogen-bond donors (Lipinski definition) is 0. The molecule has 38 heavy (non-hydrogen) atoms. The van der Waals surface area contributed by atoms with Crippen molar-refractivity contribution in [3.05, 3.63) is 168 Å². The highest BCUT2D eigenvalue weighted by molar-refractivity contribution is 6.61. The first kappa shape index (κ1) is 26.1. The van der Waals surface area contributed by atoms with Crippen molar-refractivity contribution in [2.45, 2.75) is 25.0 Å². The first-order chi connectivity index (χ1) is 18.6. The zero-order valence-electron chi connectivity index (χ0n) is 21.7. The van der Waals surface area contributed by atoms with Gasteiger partial charge in [0.05, 0.1) is 0 Å². The number of hydrogen-bond acceptors (Lipinski definition) is 2. The molecule has 2 nitrogen and oxygen atoms in total. The van der Waals surface area contributed by atoms with Crippen LogP contribution in [0.25, 0.3) is 0 Å². The molecule has 0 saturated heterocycles. The molecule has 5 rings (SSSR count). The van der Waals surface area contributed by atoms with E-state index in [4.69, 9.17) is 8.85 Å². The fourth-order valence-corrected chi connectivity index (χ4v) is 6.69. The van der Waals surface area contributed by atoms with Crippen molar-refractivity contribution in [3.63, 3.8) is 0 Å². The average Bonchev–Trinajstić information content (AvgIpc) is 3.01. The second kappa shape index (κ2) is 11.9. The van der Waals surface area contributed by atoms with Gasteiger partial charge in [-0.05, 0) is 46.5 Å². The van der Waals surface area contributed by atoms with Crippen LogP contribution in [0.5, 0.6) is 0 Å². The normalized spacial score (nSPS) is 11.8. The van der Waals surface area contributed by atoms with E-state index >= 15 is 0 Å². The quantitative estimate of drug-likeness (QED) is 0.204. The van der Waals surface area contributed by atoms with Crippen LogP contribution in [0.3, 0.4) is 0 Å². The summed E-state index contributed by atoms with van der Waals surface area (Å²) in [6.45, 7) is 4.32. The third kappa shape index (κ3) is 5.64. The van der Waals surface area contributed by atoms with Crippen LogP contribution in [0.2, 0.25) is 0 Å². The molecule has 0 bridgehead atoms. The van der Waals surface area contributed by atoms with Crippen molar-refractivity contribution in [2.75, 3.05) is 0 Å². The minimum absolute atomic E-state index is 0.159. The van der Waals surface area contributed by atoms with Crippen LogP contribution in [0.4, 0.5) is 0 Å². The Kier molecular flexibility index (Phi) is 8.15. The van der Waals surface area contributed by atoms with E-state index in [9.17, 15) is 0 Å². The predicted octanol–water partition coefficient (Wildman–Crippen LogP) is 6.14. The van der Waals surface area contributed by atoms with Crippen LogP contribution >= 0.6 is 0 Å². The summed E-state index contributed by atoms with van der Waals surface area (Å²) in [5, 5.41) is 2.32. The van der Waals surface area contributed by atoms with Crippen molar-refractivity contribution in [2.24, 2.45) is 0 Å². The van der Waals surface area contributed by atoms with Crippen molar-refractivity contribution < 1.29 is 8.85 Å². The highest BCUT2D eigenvalue weighted by atomic mass is 28.2. The Labute approximate surface area is 231 Å². The SMILES string of the molecule is CC(O[Si]c1ccccc1[Si]OC(C)(c1ccccc1)c1ccccc1)(c1ccccc1)c1ccccc1. The first-order valence-corrected chi connectivity index (χ1v) is 14.6. The van der Waals surface area contributed by atoms with Gasteiger partial charge in [-0.25, -0.2) is 0 Å². The van der Waals surface area contributed by atoms with Crippen LogP contribution in [0, 0.1) is 0 Å². The van der Waals surface area contributed by atoms with E-state index in [0.29, 0.717) is 0 Å². The molecule has 0 aliphatic carbocycles. The maximum Gasteiger partial charge on any atom is 0.270 e. The van der Waals surface area contributed by atoms with Gasteiger partial charge in [-0.3, -0.25) is 0 Å². The van der Waals surface area contributed by atoms with Crippen molar-refractivity contribution in [1.82, 2.24) is 0 Å². The summed E-state index contributed by atoms with van der Waals surface area (Å²) in [6, 6.07) is 50.3. The molecule has 0 aromatic heterocycles. The zero-order chi connectivity index (χ0) is 26.3. The molecule has 0 N–H and O–H groups in total. The summed E-state index contributed by atoms with van der Waals surface area (Å²) >= 11 is 0. The second-order valence-electron chi connectivity index (χ2n) is 9.48. The van der Waals surface area contributed by atoms with E-state index in [1.807, 2.05) is 24.3 Å². The zero-order valence-corrected chi connectivity index (χ0v) is 23.7. The summed E-state index contributed by atoms with van der Waals surface area (Å²) in [5.74, 6) is 0. The second-order valence-corrected chi connectivity index (χ2v) is 11.4. The van der Waals surface area contributed by atoms with E-state index in [1.54, 1.807) is 0 Å². The van der Waals surface area contributed by atoms with Crippen LogP contribution < -0.4 is 10.4 Å². The molecule has 0 fully saturated rings. The van der Waals surface area contributed by atoms with Crippen LogP contribution in [-0.2, 0) is 20.1 Å². The standard InChI is InChI=1S/C34H30O2Si2/c1-33(27-17-7-3-8-18-27,28-19-9-4-10-20-28)35-37-31-25-15-16-26-32(31)38-36-34(2,29-21-11-5-12-22-29)30-23-13-6-14-24-30/h3-26H,1-2H3. The lowest BCUT2D eigenvalue weighted by atomic mass is 9.88. The Morgan fingerprint density at radius 2 is 0.605 bits per heavy atom. The molecule has 0 spiro atoms. The molecule has 0 saturated carbocycles. The summed E-state index contributed by atoms with van der Waals surface area (Å²) < 4.78 is 13.6. The van der Waals surface area contributed by atoms with Crippen molar-refractivity contribution in [1.29, 1.82) is 0 Å². The van der Waals surface area contributed by atoms with E-state index in [0.717, 1.165) is 32.6 Å². The molecular formula is C34H30O2Si2. The third-order valence-corrected chi connectivity index (χ3v) is 9.54. The van der Waals surface area contributed by atoms with Crippen LogP contribution in [0.1, 0.15) is 36.1 Å². The molecule has 0 aliphatic rings. The molecule has 0 atom stereocenters. The smallest absolute Gasteiger partial charge is 0.270 e. The maximum absolute atomic E-state index is 6.81. The van der Waals surface area contributed by atoms with Gasteiger partial charge in [0.25, 0.3) is 19.5 Å². The lowest BCUT2D eigenvalue weighted by Crippen LogP contribution is -2.43. The van der Waals surface area contributed by atoms with Crippen LogP contribution in [0.15, 0.2) is 146 Å². The molecule has 0 unspecified atom stereocenters. The predicted molar refractivity (Wildman–Crippen MR) is 158 cm³/mol. The van der Waals surface area contributed by atoms with Gasteiger partial charge in [0.15, 0.2) is 0 Å². The molecule has 4 heteroatoms. The van der Waals surface area contributed by atoms with Gasteiger partial charge in [0.2, 0.25) is 0 Å². The van der Waals surface area contributed by atoms with Gasteiger partial charge in [0.1, 0.15) is 11.2 Å². The lowest BCUT2D eigenvalue weighted by molar-refractivity contribution is 0.142. The van der Waals surface area contributed by atoms with E-state index in [1.165, 1.54) is 0 Å². The van der Waals surface area contributed by atoms with E-state index in [-0.39, 0.29) is 19.5 Å². The minimum atomic E-state index is -0.569. The van der Waals surface area contributed by atoms with Gasteiger partial charge in [-0.2, -0.15) is 0 Å². The molecule has 0 aliphatic heterocycles. The molecule has 4 radical (unpaired) electrons. The Bertz CT molecular complexity index is 1230. The lowest BCUT2D eigenvalue weighted by Gasteiger charge is -2.33. The summed E-state index contributed by atoms with van der Waals surface area (Å²) in [5.41, 5.74) is 3.40. The topological polar surface area (TPSA) is 18.5 Å². The first-order valence-electron chi connectivity index (χ1n) is 12.8. The molecule has 5 aromatic rings. The van der Waals surface area contributed by atoms with E-state index < -0.39 is 11.2 Å². The average molecular weight is 527 g/mol. The van der Waals surface area contributed by atoms with Gasteiger partial charge < -0.3 is 8.85 Å². The molecule has 5 aromatic carbocycles.